The SMILES string of the molecule is Cc1ccc(C2=C(Nc3ccc(F)cc3)C(=O)N(CCCN3CCOCC3)C2=O)cc1. The number of amides is 2. The Bertz CT molecular complexity index is 980. The molecular weight excluding hydrogens is 397 g/mol. The molecule has 0 aromatic heterocycles. The third-order valence-electron chi connectivity index (χ3n) is 5.58. The van der Waals surface area contributed by atoms with E-state index in [1.165, 1.54) is 17.0 Å². The summed E-state index contributed by atoms with van der Waals surface area (Å²) in [6, 6.07) is 13.2. The topological polar surface area (TPSA) is 61.9 Å². The van der Waals surface area contributed by atoms with Gasteiger partial charge < -0.3 is 10.1 Å². The second-order valence-electron chi connectivity index (χ2n) is 7.82. The number of aryl methyl sites for hydroxylation is 1. The number of anilines is 1. The Hall–Kier alpha value is -3.03. The van der Waals surface area contributed by atoms with Gasteiger partial charge in [0, 0.05) is 31.9 Å². The van der Waals surface area contributed by atoms with Gasteiger partial charge in [0.15, 0.2) is 0 Å². The maximum Gasteiger partial charge on any atom is 0.278 e. The van der Waals surface area contributed by atoms with Gasteiger partial charge in [-0.1, -0.05) is 29.8 Å². The molecule has 162 valence electrons. The van der Waals surface area contributed by atoms with E-state index in [1.807, 2.05) is 31.2 Å². The summed E-state index contributed by atoms with van der Waals surface area (Å²) in [6.45, 7) is 6.28. The minimum absolute atomic E-state index is 0.229. The van der Waals surface area contributed by atoms with Gasteiger partial charge in [0.1, 0.15) is 11.5 Å². The number of rotatable bonds is 7. The lowest BCUT2D eigenvalue weighted by molar-refractivity contribution is -0.136. The highest BCUT2D eigenvalue weighted by Gasteiger charge is 2.38. The second-order valence-corrected chi connectivity index (χ2v) is 7.82. The summed E-state index contributed by atoms with van der Waals surface area (Å²) in [7, 11) is 0. The Morgan fingerprint density at radius 2 is 1.61 bits per heavy atom. The van der Waals surface area contributed by atoms with Gasteiger partial charge in [0.05, 0.1) is 18.8 Å². The molecule has 0 saturated carbocycles. The third-order valence-corrected chi connectivity index (χ3v) is 5.58. The van der Waals surface area contributed by atoms with Crippen molar-refractivity contribution in [2.24, 2.45) is 0 Å². The van der Waals surface area contributed by atoms with Gasteiger partial charge in [0.2, 0.25) is 0 Å². The van der Waals surface area contributed by atoms with Crippen molar-refractivity contribution in [2.45, 2.75) is 13.3 Å². The van der Waals surface area contributed by atoms with Crippen LogP contribution in [0.4, 0.5) is 10.1 Å². The van der Waals surface area contributed by atoms with Crippen LogP contribution in [0.1, 0.15) is 17.5 Å². The summed E-state index contributed by atoms with van der Waals surface area (Å²) in [5.41, 5.74) is 2.88. The smallest absolute Gasteiger partial charge is 0.278 e. The van der Waals surface area contributed by atoms with Crippen molar-refractivity contribution in [2.75, 3.05) is 44.7 Å². The van der Waals surface area contributed by atoms with Gasteiger partial charge in [-0.25, -0.2) is 4.39 Å². The van der Waals surface area contributed by atoms with E-state index < -0.39 is 0 Å². The number of nitrogens with one attached hydrogen (secondary N) is 1. The molecule has 0 atom stereocenters. The van der Waals surface area contributed by atoms with Crippen molar-refractivity contribution in [1.82, 2.24) is 9.80 Å². The van der Waals surface area contributed by atoms with E-state index in [-0.39, 0.29) is 23.3 Å². The molecule has 0 bridgehead atoms. The fourth-order valence-electron chi connectivity index (χ4n) is 3.84. The van der Waals surface area contributed by atoms with Crippen LogP contribution in [-0.4, -0.2) is 61.0 Å². The van der Waals surface area contributed by atoms with Gasteiger partial charge in [-0.05, 0) is 43.2 Å². The first kappa shape index (κ1) is 21.2. The number of imide groups is 1. The fraction of sp³-hybridized carbons (Fsp3) is 0.333. The lowest BCUT2D eigenvalue weighted by Crippen LogP contribution is -2.39. The largest absolute Gasteiger partial charge is 0.379 e. The van der Waals surface area contributed by atoms with Crippen LogP contribution < -0.4 is 5.32 Å². The normalized spacial score (nSPS) is 17.5. The molecule has 1 N–H and O–H groups in total. The predicted octanol–water partition coefficient (Wildman–Crippen LogP) is 3.05. The second kappa shape index (κ2) is 9.41. The molecule has 6 nitrogen and oxygen atoms in total. The molecule has 2 aliphatic heterocycles. The number of hydrogen-bond acceptors (Lipinski definition) is 5. The molecule has 2 amide bonds. The molecule has 0 aliphatic carbocycles. The van der Waals surface area contributed by atoms with Crippen LogP contribution in [0.2, 0.25) is 0 Å². The lowest BCUT2D eigenvalue weighted by Gasteiger charge is -2.27. The van der Waals surface area contributed by atoms with Gasteiger partial charge in [0.25, 0.3) is 11.8 Å². The van der Waals surface area contributed by atoms with Crippen LogP contribution in [0.15, 0.2) is 54.2 Å². The average molecular weight is 423 g/mol. The van der Waals surface area contributed by atoms with E-state index in [0.717, 1.165) is 25.2 Å². The van der Waals surface area contributed by atoms with E-state index in [9.17, 15) is 14.0 Å². The van der Waals surface area contributed by atoms with Crippen molar-refractivity contribution in [3.8, 4) is 0 Å². The molecule has 7 heteroatoms. The molecule has 2 aromatic carbocycles. The summed E-state index contributed by atoms with van der Waals surface area (Å²) in [4.78, 5) is 30.0. The number of hydrogen-bond donors (Lipinski definition) is 1. The predicted molar refractivity (Wildman–Crippen MR) is 117 cm³/mol. The quantitative estimate of drug-likeness (QED) is 0.694. The summed E-state index contributed by atoms with van der Waals surface area (Å²) >= 11 is 0. The van der Waals surface area contributed by atoms with E-state index in [2.05, 4.69) is 10.2 Å². The summed E-state index contributed by atoms with van der Waals surface area (Å²) in [5, 5.41) is 3.06. The highest BCUT2D eigenvalue weighted by Crippen LogP contribution is 2.31. The van der Waals surface area contributed by atoms with Crippen LogP contribution in [0, 0.1) is 12.7 Å². The standard InChI is InChI=1S/C24H26FN3O3/c1-17-3-5-18(6-4-17)21-22(26-20-9-7-19(25)8-10-20)24(30)28(23(21)29)12-2-11-27-13-15-31-16-14-27/h3-10,26H,2,11-16H2,1H3. The highest BCUT2D eigenvalue weighted by atomic mass is 19.1. The van der Waals surface area contributed by atoms with Crippen LogP contribution in [0.3, 0.4) is 0 Å². The van der Waals surface area contributed by atoms with E-state index in [0.29, 0.717) is 43.0 Å². The molecule has 1 saturated heterocycles. The molecule has 4 rings (SSSR count). The van der Waals surface area contributed by atoms with Crippen LogP contribution in [0.25, 0.3) is 5.57 Å². The van der Waals surface area contributed by atoms with Crippen molar-refractivity contribution in [3.63, 3.8) is 0 Å². The van der Waals surface area contributed by atoms with Gasteiger partial charge in [-0.3, -0.25) is 19.4 Å². The Morgan fingerprint density at radius 1 is 0.935 bits per heavy atom. The zero-order chi connectivity index (χ0) is 21.8. The van der Waals surface area contributed by atoms with Crippen molar-refractivity contribution in [3.05, 3.63) is 71.2 Å². The summed E-state index contributed by atoms with van der Waals surface area (Å²) in [5.74, 6) is -1.02. The molecule has 0 spiro atoms. The van der Waals surface area contributed by atoms with Gasteiger partial charge in [-0.15, -0.1) is 0 Å². The first-order valence-corrected chi connectivity index (χ1v) is 10.5. The number of morpholine rings is 1. The maximum absolute atomic E-state index is 13.3. The number of benzene rings is 2. The number of carbonyl (C=O) groups is 2. The van der Waals surface area contributed by atoms with Crippen molar-refractivity contribution < 1.29 is 18.7 Å². The number of carbonyl (C=O) groups excluding carboxylic acids is 2. The first-order chi connectivity index (χ1) is 15.0. The van der Waals surface area contributed by atoms with E-state index >= 15 is 0 Å². The summed E-state index contributed by atoms with van der Waals surface area (Å²) in [6.07, 6.45) is 0.697. The maximum atomic E-state index is 13.3. The molecule has 2 aromatic rings. The first-order valence-electron chi connectivity index (χ1n) is 10.5. The molecule has 2 aliphatic rings. The third kappa shape index (κ3) is 4.84. The zero-order valence-corrected chi connectivity index (χ0v) is 17.6. The minimum Gasteiger partial charge on any atom is -0.379 e. The highest BCUT2D eigenvalue weighted by molar-refractivity contribution is 6.36. The van der Waals surface area contributed by atoms with E-state index in [1.54, 1.807) is 12.1 Å². The number of ether oxygens (including phenoxy) is 1. The lowest BCUT2D eigenvalue weighted by atomic mass is 10.0. The van der Waals surface area contributed by atoms with Crippen LogP contribution >= 0.6 is 0 Å². The zero-order valence-electron chi connectivity index (χ0n) is 17.6. The molecule has 1 fully saturated rings. The van der Waals surface area contributed by atoms with Gasteiger partial charge >= 0.3 is 0 Å². The summed E-state index contributed by atoms with van der Waals surface area (Å²) < 4.78 is 18.7. The Kier molecular flexibility index (Phi) is 6.44. The van der Waals surface area contributed by atoms with Gasteiger partial charge in [-0.2, -0.15) is 0 Å². The monoisotopic (exact) mass is 423 g/mol. The fourth-order valence-corrected chi connectivity index (χ4v) is 3.84. The minimum atomic E-state index is -0.364. The van der Waals surface area contributed by atoms with Crippen LogP contribution in [-0.2, 0) is 14.3 Å². The average Bonchev–Trinajstić information content (AvgIpc) is 3.01. The molecule has 0 unspecified atom stereocenters. The Labute approximate surface area is 181 Å². The molecule has 31 heavy (non-hydrogen) atoms. The molecule has 2 heterocycles. The van der Waals surface area contributed by atoms with Crippen LogP contribution in [0.5, 0.6) is 0 Å². The Morgan fingerprint density at radius 3 is 2.29 bits per heavy atom. The number of nitrogens with zero attached hydrogens (tertiary/aromatic N) is 2. The van der Waals surface area contributed by atoms with Crippen molar-refractivity contribution >= 4 is 23.1 Å². The molecular formula is C24H26FN3O3. The van der Waals surface area contributed by atoms with Crippen molar-refractivity contribution in [1.29, 1.82) is 0 Å². The molecule has 0 radical (unpaired) electrons. The van der Waals surface area contributed by atoms with E-state index in [4.69, 9.17) is 4.74 Å². The number of halogens is 1. The Balaban J connectivity index is 1.55.